The average Bonchev–Trinajstić information content (AvgIpc) is 2.79. The molecular formula is C21H17F2N3. The highest BCUT2D eigenvalue weighted by Crippen LogP contribution is 2.32. The van der Waals surface area contributed by atoms with E-state index < -0.39 is 11.6 Å². The fourth-order valence-electron chi connectivity index (χ4n) is 3.30. The van der Waals surface area contributed by atoms with Crippen LogP contribution in [0.25, 0.3) is 16.8 Å². The van der Waals surface area contributed by atoms with Gasteiger partial charge in [0, 0.05) is 30.9 Å². The Balaban J connectivity index is 1.84. The maximum absolute atomic E-state index is 13.7. The quantitative estimate of drug-likeness (QED) is 0.691. The Hall–Kier alpha value is -2.92. The van der Waals surface area contributed by atoms with Crippen LogP contribution in [0.15, 0.2) is 60.8 Å². The molecule has 0 aliphatic carbocycles. The Morgan fingerprint density at radius 3 is 2.50 bits per heavy atom. The van der Waals surface area contributed by atoms with Gasteiger partial charge in [-0.1, -0.05) is 18.2 Å². The standard InChI is InChI=1S/C21H17F2N3/c1-26-8-6-20(15-10-17(22)12-18(23)11-15)19-5-4-14(9-16(19)13-26)21-3-2-7-24-25-21/h2-7,9-12H,8,13H2,1H3. The molecule has 2 heterocycles. The summed E-state index contributed by atoms with van der Waals surface area (Å²) in [6, 6.07) is 13.4. The summed E-state index contributed by atoms with van der Waals surface area (Å²) in [6.07, 6.45) is 3.65. The zero-order chi connectivity index (χ0) is 18.1. The first kappa shape index (κ1) is 16.5. The third-order valence-corrected chi connectivity index (χ3v) is 4.48. The summed E-state index contributed by atoms with van der Waals surface area (Å²) in [5.74, 6) is -1.15. The van der Waals surface area contributed by atoms with Gasteiger partial charge in [0.1, 0.15) is 11.6 Å². The Morgan fingerprint density at radius 1 is 0.962 bits per heavy atom. The number of halogens is 2. The van der Waals surface area contributed by atoms with Crippen molar-refractivity contribution < 1.29 is 8.78 Å². The second-order valence-corrected chi connectivity index (χ2v) is 6.45. The molecule has 5 heteroatoms. The molecule has 0 saturated heterocycles. The fraction of sp³-hybridized carbons (Fsp3) is 0.143. The summed E-state index contributed by atoms with van der Waals surface area (Å²) in [5.41, 5.74) is 5.22. The monoisotopic (exact) mass is 349 g/mol. The van der Waals surface area contributed by atoms with Gasteiger partial charge in [0.05, 0.1) is 5.69 Å². The Morgan fingerprint density at radius 2 is 1.77 bits per heavy atom. The van der Waals surface area contributed by atoms with E-state index in [1.165, 1.54) is 12.1 Å². The van der Waals surface area contributed by atoms with Gasteiger partial charge in [-0.2, -0.15) is 10.2 Å². The van der Waals surface area contributed by atoms with E-state index in [4.69, 9.17) is 0 Å². The molecular weight excluding hydrogens is 332 g/mol. The molecule has 1 aromatic heterocycles. The van der Waals surface area contributed by atoms with Gasteiger partial charge in [0.2, 0.25) is 0 Å². The summed E-state index contributed by atoms with van der Waals surface area (Å²) in [7, 11) is 2.02. The minimum Gasteiger partial charge on any atom is -0.298 e. The topological polar surface area (TPSA) is 29.0 Å². The first-order valence-corrected chi connectivity index (χ1v) is 8.37. The summed E-state index contributed by atoms with van der Waals surface area (Å²) in [5, 5.41) is 8.10. The van der Waals surface area contributed by atoms with E-state index in [-0.39, 0.29) is 0 Å². The first-order chi connectivity index (χ1) is 12.6. The summed E-state index contributed by atoms with van der Waals surface area (Å²) < 4.78 is 27.5. The van der Waals surface area contributed by atoms with Crippen LogP contribution in [0.1, 0.15) is 16.7 Å². The molecule has 3 aromatic rings. The minimum absolute atomic E-state index is 0.548. The predicted octanol–water partition coefficient (Wildman–Crippen LogP) is 4.30. The molecule has 0 bridgehead atoms. The Kier molecular flexibility index (Phi) is 4.31. The molecule has 0 atom stereocenters. The predicted molar refractivity (Wildman–Crippen MR) is 97.2 cm³/mol. The summed E-state index contributed by atoms with van der Waals surface area (Å²) in [6.45, 7) is 1.43. The van der Waals surface area contributed by atoms with Crippen molar-refractivity contribution >= 4 is 5.57 Å². The first-order valence-electron chi connectivity index (χ1n) is 8.37. The number of benzene rings is 2. The zero-order valence-electron chi connectivity index (χ0n) is 14.3. The molecule has 26 heavy (non-hydrogen) atoms. The van der Waals surface area contributed by atoms with Crippen LogP contribution in [-0.2, 0) is 6.54 Å². The molecule has 4 rings (SSSR count). The van der Waals surface area contributed by atoms with E-state index in [0.717, 1.165) is 40.6 Å². The molecule has 0 N–H and O–H groups in total. The van der Waals surface area contributed by atoms with Gasteiger partial charge >= 0.3 is 0 Å². The second-order valence-electron chi connectivity index (χ2n) is 6.45. The smallest absolute Gasteiger partial charge is 0.126 e. The lowest BCUT2D eigenvalue weighted by molar-refractivity contribution is 0.366. The van der Waals surface area contributed by atoms with Crippen LogP contribution in [0.3, 0.4) is 0 Å². The highest BCUT2D eigenvalue weighted by molar-refractivity contribution is 5.83. The normalized spacial score (nSPS) is 14.5. The van der Waals surface area contributed by atoms with Gasteiger partial charge < -0.3 is 0 Å². The van der Waals surface area contributed by atoms with E-state index in [0.29, 0.717) is 12.1 Å². The van der Waals surface area contributed by atoms with Crippen LogP contribution < -0.4 is 0 Å². The lowest BCUT2D eigenvalue weighted by atomic mass is 9.92. The van der Waals surface area contributed by atoms with Crippen molar-refractivity contribution in [1.29, 1.82) is 0 Å². The fourth-order valence-corrected chi connectivity index (χ4v) is 3.30. The maximum atomic E-state index is 13.7. The number of fused-ring (bicyclic) bond motifs is 1. The molecule has 0 radical (unpaired) electrons. The summed E-state index contributed by atoms with van der Waals surface area (Å²) in [4.78, 5) is 2.15. The van der Waals surface area contributed by atoms with Crippen LogP contribution in [-0.4, -0.2) is 28.7 Å². The lowest BCUT2D eigenvalue weighted by Crippen LogP contribution is -2.16. The van der Waals surface area contributed by atoms with Crippen LogP contribution in [0.5, 0.6) is 0 Å². The van der Waals surface area contributed by atoms with E-state index in [1.807, 2.05) is 37.4 Å². The van der Waals surface area contributed by atoms with Crippen LogP contribution in [0, 0.1) is 11.6 Å². The van der Waals surface area contributed by atoms with Crippen molar-refractivity contribution in [2.75, 3.05) is 13.6 Å². The van der Waals surface area contributed by atoms with Crippen LogP contribution in [0.4, 0.5) is 8.78 Å². The number of likely N-dealkylation sites (N-methyl/N-ethyl adjacent to an activating group) is 1. The molecule has 2 aromatic carbocycles. The van der Waals surface area contributed by atoms with Crippen molar-refractivity contribution in [2.24, 2.45) is 0 Å². The minimum atomic E-state index is -0.573. The SMILES string of the molecule is CN1CC=C(c2cc(F)cc(F)c2)c2ccc(-c3cccnn3)cc2C1. The summed E-state index contributed by atoms with van der Waals surface area (Å²) >= 11 is 0. The largest absolute Gasteiger partial charge is 0.298 e. The van der Waals surface area contributed by atoms with Crippen molar-refractivity contribution in [2.45, 2.75) is 6.54 Å². The van der Waals surface area contributed by atoms with Gasteiger partial charge in [-0.05, 0) is 59.6 Å². The Labute approximate surface area is 150 Å². The second kappa shape index (κ2) is 6.77. The molecule has 1 aliphatic rings. The van der Waals surface area contributed by atoms with Crippen LogP contribution in [0.2, 0.25) is 0 Å². The number of rotatable bonds is 2. The molecule has 1 aliphatic heterocycles. The molecule has 130 valence electrons. The third kappa shape index (κ3) is 3.26. The van der Waals surface area contributed by atoms with E-state index in [9.17, 15) is 8.78 Å². The van der Waals surface area contributed by atoms with Gasteiger partial charge in [-0.25, -0.2) is 8.78 Å². The highest BCUT2D eigenvalue weighted by atomic mass is 19.1. The highest BCUT2D eigenvalue weighted by Gasteiger charge is 2.17. The van der Waals surface area contributed by atoms with E-state index in [2.05, 4.69) is 21.2 Å². The van der Waals surface area contributed by atoms with Crippen molar-refractivity contribution in [3.05, 3.63) is 89.1 Å². The van der Waals surface area contributed by atoms with E-state index in [1.54, 1.807) is 6.20 Å². The molecule has 3 nitrogen and oxygen atoms in total. The zero-order valence-corrected chi connectivity index (χ0v) is 14.3. The molecule has 0 unspecified atom stereocenters. The van der Waals surface area contributed by atoms with E-state index >= 15 is 0 Å². The van der Waals surface area contributed by atoms with Gasteiger partial charge in [-0.3, -0.25) is 4.90 Å². The molecule has 0 amide bonds. The molecule has 0 spiro atoms. The number of nitrogens with zero attached hydrogens (tertiary/aromatic N) is 3. The maximum Gasteiger partial charge on any atom is 0.126 e. The number of aromatic nitrogens is 2. The van der Waals surface area contributed by atoms with Gasteiger partial charge in [0.15, 0.2) is 0 Å². The van der Waals surface area contributed by atoms with Crippen molar-refractivity contribution in [3.8, 4) is 11.3 Å². The van der Waals surface area contributed by atoms with Gasteiger partial charge in [-0.15, -0.1) is 0 Å². The van der Waals surface area contributed by atoms with Crippen LogP contribution >= 0.6 is 0 Å². The number of hydrogen-bond acceptors (Lipinski definition) is 3. The lowest BCUT2D eigenvalue weighted by Gasteiger charge is -2.15. The Bertz CT molecular complexity index is 964. The van der Waals surface area contributed by atoms with Crippen molar-refractivity contribution in [3.63, 3.8) is 0 Å². The number of hydrogen-bond donors (Lipinski definition) is 0. The third-order valence-electron chi connectivity index (χ3n) is 4.48. The van der Waals surface area contributed by atoms with Crippen molar-refractivity contribution in [1.82, 2.24) is 15.1 Å². The molecule has 0 fully saturated rings. The van der Waals surface area contributed by atoms with Gasteiger partial charge in [0.25, 0.3) is 0 Å². The molecule has 0 saturated carbocycles. The average molecular weight is 349 g/mol.